The van der Waals surface area contributed by atoms with Gasteiger partial charge >= 0.3 is 6.09 Å². The quantitative estimate of drug-likeness (QED) is 0.259. The van der Waals surface area contributed by atoms with E-state index in [0.29, 0.717) is 46.2 Å². The van der Waals surface area contributed by atoms with E-state index in [1.807, 2.05) is 24.3 Å². The van der Waals surface area contributed by atoms with Gasteiger partial charge in [-0.3, -0.25) is 4.79 Å². The Balaban J connectivity index is 1.72. The first-order valence-corrected chi connectivity index (χ1v) is 17.9. The van der Waals surface area contributed by atoms with E-state index in [9.17, 15) is 9.59 Å². The molecule has 0 saturated carbocycles. The lowest BCUT2D eigenvalue weighted by atomic mass is 9.62. The van der Waals surface area contributed by atoms with Crippen molar-refractivity contribution in [2.24, 2.45) is 11.8 Å². The van der Waals surface area contributed by atoms with Crippen molar-refractivity contribution in [3.63, 3.8) is 0 Å². The Morgan fingerprint density at radius 3 is 1.95 bits per heavy atom. The fraction of sp³-hybridized carbons (Fsp3) is 0.588. The monoisotopic (exact) mass is 625 g/mol. The highest BCUT2D eigenvalue weighted by Crippen LogP contribution is 2.55. The Morgan fingerprint density at radius 2 is 1.45 bits per heavy atom. The van der Waals surface area contributed by atoms with E-state index in [-0.39, 0.29) is 37.7 Å². The molecule has 1 saturated heterocycles. The van der Waals surface area contributed by atoms with Crippen molar-refractivity contribution in [2.45, 2.75) is 76.9 Å². The molecule has 2 aliphatic heterocycles. The van der Waals surface area contributed by atoms with E-state index in [1.165, 1.54) is 4.90 Å². The van der Waals surface area contributed by atoms with Gasteiger partial charge in [0.25, 0.3) is 0 Å². The molecule has 9 nitrogen and oxygen atoms in total. The molecule has 0 unspecified atom stereocenters. The zero-order valence-electron chi connectivity index (χ0n) is 27.5. The average molecular weight is 626 g/mol. The molecule has 1 aliphatic carbocycles. The van der Waals surface area contributed by atoms with Crippen LogP contribution >= 0.6 is 0 Å². The minimum atomic E-state index is -2.29. The fourth-order valence-electron chi connectivity index (χ4n) is 8.10. The second-order valence-electron chi connectivity index (χ2n) is 13.2. The highest BCUT2D eigenvalue weighted by atomic mass is 28.4. The van der Waals surface area contributed by atoms with Gasteiger partial charge in [-0.2, -0.15) is 0 Å². The number of cyclic esters (lactones) is 1. The molecule has 0 spiro atoms. The summed E-state index contributed by atoms with van der Waals surface area (Å²) in [5.74, 6) is 0.929. The molecule has 0 bridgehead atoms. The maximum absolute atomic E-state index is 14.7. The van der Waals surface area contributed by atoms with Crippen LogP contribution in [0, 0.1) is 11.8 Å². The summed E-state index contributed by atoms with van der Waals surface area (Å²) in [6.07, 6.45) is -0.601. The number of hydrogen-bond acceptors (Lipinski definition) is 8. The van der Waals surface area contributed by atoms with Gasteiger partial charge < -0.3 is 28.1 Å². The van der Waals surface area contributed by atoms with Crippen LogP contribution in [-0.2, 0) is 14.0 Å². The molecule has 2 aromatic rings. The van der Waals surface area contributed by atoms with Crippen LogP contribution in [0.2, 0.25) is 16.6 Å². The normalized spacial score (nSPS) is 22.9. The standard InChI is InChI=1S/C34H47NO8Si/c1-19(2)44(20(3)4,21(5)6)43-17-28-22(7)26-15-29-30(42-18-41-29)16-27(26)31(23-12-24(38-8)14-25(13-23)39-9)32(28)33(36)35-10-11-40-34(35)37/h12-16,19-22,28,31-32H,10-11,17-18H2,1-9H3/t22-,28+,31+,32+/m0/s1. The third kappa shape index (κ3) is 5.44. The van der Waals surface area contributed by atoms with Gasteiger partial charge in [-0.05, 0) is 63.5 Å². The number of benzene rings is 2. The van der Waals surface area contributed by atoms with Crippen LogP contribution in [0.15, 0.2) is 30.3 Å². The van der Waals surface area contributed by atoms with Crippen molar-refractivity contribution in [3.8, 4) is 23.0 Å². The number of carbonyl (C=O) groups excluding carboxylic acids is 2. The van der Waals surface area contributed by atoms with Crippen LogP contribution in [0.25, 0.3) is 0 Å². The van der Waals surface area contributed by atoms with Crippen LogP contribution in [0.5, 0.6) is 23.0 Å². The number of fused-ring (bicyclic) bond motifs is 2. The summed E-state index contributed by atoms with van der Waals surface area (Å²) >= 11 is 0. The van der Waals surface area contributed by atoms with Crippen molar-refractivity contribution < 1.29 is 37.7 Å². The summed E-state index contributed by atoms with van der Waals surface area (Å²) in [6, 6.07) is 9.78. The molecule has 0 aromatic heterocycles. The van der Waals surface area contributed by atoms with E-state index >= 15 is 0 Å². The lowest BCUT2D eigenvalue weighted by Crippen LogP contribution is -2.52. The molecule has 10 heteroatoms. The Kier molecular flexibility index (Phi) is 9.23. The summed E-state index contributed by atoms with van der Waals surface area (Å²) in [5.41, 5.74) is 4.02. The van der Waals surface area contributed by atoms with Gasteiger partial charge in [-0.15, -0.1) is 0 Å². The predicted octanol–water partition coefficient (Wildman–Crippen LogP) is 7.08. The number of ether oxygens (including phenoxy) is 5. The second kappa shape index (κ2) is 12.6. The van der Waals surface area contributed by atoms with Gasteiger partial charge in [0, 0.05) is 24.5 Å². The molecular weight excluding hydrogens is 578 g/mol. The largest absolute Gasteiger partial charge is 0.497 e. The molecule has 2 aromatic carbocycles. The number of methoxy groups -OCH3 is 2. The maximum Gasteiger partial charge on any atom is 0.416 e. The highest BCUT2D eigenvalue weighted by molar-refractivity contribution is 6.77. The first-order valence-electron chi connectivity index (χ1n) is 15.7. The number of imide groups is 1. The SMILES string of the molecule is COc1cc(OC)cc([C@@H]2c3cc4c(cc3[C@H](C)[C@@H](CO[Si](C(C)C)(C(C)C)C(C)C)[C@H]2C(=O)N2CCOC2=O)OCO4)c1. The summed E-state index contributed by atoms with van der Waals surface area (Å²) < 4.78 is 35.5. The summed E-state index contributed by atoms with van der Waals surface area (Å²) in [6.45, 7) is 16.7. The van der Waals surface area contributed by atoms with Crippen molar-refractivity contribution in [3.05, 3.63) is 47.0 Å². The van der Waals surface area contributed by atoms with E-state index in [1.54, 1.807) is 14.2 Å². The van der Waals surface area contributed by atoms with Gasteiger partial charge in [-0.1, -0.05) is 48.5 Å². The first-order chi connectivity index (χ1) is 20.9. The molecular formula is C34H47NO8Si. The zero-order valence-corrected chi connectivity index (χ0v) is 28.5. The van der Waals surface area contributed by atoms with Crippen molar-refractivity contribution >= 4 is 20.3 Å². The van der Waals surface area contributed by atoms with Gasteiger partial charge in [-0.25, -0.2) is 9.69 Å². The average Bonchev–Trinajstić information content (AvgIpc) is 3.64. The number of amides is 2. The molecule has 0 N–H and O–H groups in total. The van der Waals surface area contributed by atoms with Crippen LogP contribution in [-0.4, -0.2) is 66.0 Å². The molecule has 0 radical (unpaired) electrons. The molecule has 44 heavy (non-hydrogen) atoms. The third-order valence-electron chi connectivity index (χ3n) is 10.1. The van der Waals surface area contributed by atoms with Gasteiger partial charge in [0.05, 0.1) is 26.7 Å². The molecule has 4 atom stereocenters. The summed E-state index contributed by atoms with van der Waals surface area (Å²) in [4.78, 5) is 28.8. The van der Waals surface area contributed by atoms with Crippen molar-refractivity contribution in [1.82, 2.24) is 4.90 Å². The van der Waals surface area contributed by atoms with Gasteiger partial charge in [0.15, 0.2) is 19.8 Å². The molecule has 2 amide bonds. The van der Waals surface area contributed by atoms with Crippen molar-refractivity contribution in [2.75, 3.05) is 40.8 Å². The van der Waals surface area contributed by atoms with E-state index in [2.05, 4.69) is 54.5 Å². The lowest BCUT2D eigenvalue weighted by molar-refractivity contribution is -0.135. The van der Waals surface area contributed by atoms with E-state index in [4.69, 9.17) is 28.1 Å². The first kappa shape index (κ1) is 32.2. The lowest BCUT2D eigenvalue weighted by Gasteiger charge is -2.47. The van der Waals surface area contributed by atoms with Crippen LogP contribution < -0.4 is 18.9 Å². The van der Waals surface area contributed by atoms with Gasteiger partial charge in [0.1, 0.15) is 18.1 Å². The number of nitrogens with zero attached hydrogens (tertiary/aromatic N) is 1. The summed E-state index contributed by atoms with van der Waals surface area (Å²) in [7, 11) is 0.933. The smallest absolute Gasteiger partial charge is 0.416 e. The van der Waals surface area contributed by atoms with Crippen LogP contribution in [0.3, 0.4) is 0 Å². The Labute approximate surface area is 262 Å². The van der Waals surface area contributed by atoms with Crippen molar-refractivity contribution in [1.29, 1.82) is 0 Å². The summed E-state index contributed by atoms with van der Waals surface area (Å²) in [5, 5.41) is 0. The highest BCUT2D eigenvalue weighted by Gasteiger charge is 2.52. The zero-order chi connectivity index (χ0) is 31.9. The third-order valence-corrected chi connectivity index (χ3v) is 16.2. The number of hydrogen-bond donors (Lipinski definition) is 0. The Hall–Kier alpha value is -3.24. The van der Waals surface area contributed by atoms with E-state index in [0.717, 1.165) is 16.7 Å². The number of rotatable bonds is 10. The minimum Gasteiger partial charge on any atom is -0.497 e. The Morgan fingerprint density at radius 1 is 0.886 bits per heavy atom. The maximum atomic E-state index is 14.7. The minimum absolute atomic E-state index is 0.0750. The molecule has 2 heterocycles. The predicted molar refractivity (Wildman–Crippen MR) is 169 cm³/mol. The Bertz CT molecular complexity index is 1350. The van der Waals surface area contributed by atoms with Crippen LogP contribution in [0.4, 0.5) is 4.79 Å². The molecule has 240 valence electrons. The molecule has 5 rings (SSSR count). The van der Waals surface area contributed by atoms with Gasteiger partial charge in [0.2, 0.25) is 12.7 Å². The number of carbonyl (C=O) groups is 2. The fourth-order valence-corrected chi connectivity index (χ4v) is 13.6. The molecule has 3 aliphatic rings. The van der Waals surface area contributed by atoms with E-state index < -0.39 is 26.2 Å². The van der Waals surface area contributed by atoms with Crippen LogP contribution in [0.1, 0.15) is 77.0 Å². The topological polar surface area (TPSA) is 92.8 Å². The molecule has 1 fully saturated rings. The second-order valence-corrected chi connectivity index (χ2v) is 18.6.